The summed E-state index contributed by atoms with van der Waals surface area (Å²) in [6.45, 7) is 7.48. The van der Waals surface area contributed by atoms with Crippen molar-refractivity contribution in [3.63, 3.8) is 0 Å². The highest BCUT2D eigenvalue weighted by molar-refractivity contribution is 5.68. The van der Waals surface area contributed by atoms with E-state index in [0.29, 0.717) is 0 Å². The van der Waals surface area contributed by atoms with Gasteiger partial charge >= 0.3 is 6.09 Å². The van der Waals surface area contributed by atoms with E-state index >= 15 is 0 Å². The summed E-state index contributed by atoms with van der Waals surface area (Å²) in [5.41, 5.74) is -0.481. The van der Waals surface area contributed by atoms with E-state index in [2.05, 4.69) is 15.3 Å². The molecule has 0 fully saturated rings. The van der Waals surface area contributed by atoms with Crippen molar-refractivity contribution in [2.24, 2.45) is 0 Å². The average Bonchev–Trinajstić information content (AvgIpc) is 2.63. The van der Waals surface area contributed by atoms with Crippen LogP contribution in [0.1, 0.15) is 46.0 Å². The minimum absolute atomic E-state index is 0.134. The van der Waals surface area contributed by atoms with E-state index in [-0.39, 0.29) is 6.04 Å². The molecule has 0 saturated carbocycles. The van der Waals surface area contributed by atoms with Crippen molar-refractivity contribution < 1.29 is 9.53 Å². The third kappa shape index (κ3) is 3.92. The van der Waals surface area contributed by atoms with E-state index in [1.807, 2.05) is 27.7 Å². The third-order valence-corrected chi connectivity index (χ3v) is 1.95. The lowest BCUT2D eigenvalue weighted by molar-refractivity contribution is 0.0500. The standard InChI is InChI=1S/C11H19N3O2/c1-5-8(9-12-6-7-13-9)14-10(15)16-11(2,3)4/h6-8H,5H2,1-4H3,(H,12,13)(H,14,15). The Bertz CT molecular complexity index is 327. The van der Waals surface area contributed by atoms with Gasteiger partial charge in [-0.2, -0.15) is 0 Å². The van der Waals surface area contributed by atoms with Crippen molar-refractivity contribution in [3.8, 4) is 0 Å². The maximum Gasteiger partial charge on any atom is 0.408 e. The van der Waals surface area contributed by atoms with Gasteiger partial charge in [0.05, 0.1) is 6.04 Å². The van der Waals surface area contributed by atoms with Crippen molar-refractivity contribution in [2.75, 3.05) is 0 Å². The first kappa shape index (κ1) is 12.5. The number of carbonyl (C=O) groups is 1. The molecule has 90 valence electrons. The van der Waals surface area contributed by atoms with Gasteiger partial charge in [0, 0.05) is 12.4 Å². The third-order valence-electron chi connectivity index (χ3n) is 1.95. The van der Waals surface area contributed by atoms with Gasteiger partial charge in [0.2, 0.25) is 0 Å². The van der Waals surface area contributed by atoms with Gasteiger partial charge in [-0.3, -0.25) is 0 Å². The van der Waals surface area contributed by atoms with Crippen molar-refractivity contribution in [1.29, 1.82) is 0 Å². The molecule has 0 saturated heterocycles. The van der Waals surface area contributed by atoms with Crippen molar-refractivity contribution in [1.82, 2.24) is 15.3 Å². The van der Waals surface area contributed by atoms with Crippen LogP contribution < -0.4 is 5.32 Å². The number of nitrogens with zero attached hydrogens (tertiary/aromatic N) is 1. The minimum Gasteiger partial charge on any atom is -0.444 e. The number of alkyl carbamates (subject to hydrolysis) is 1. The first-order valence-electron chi connectivity index (χ1n) is 5.41. The largest absolute Gasteiger partial charge is 0.444 e. The number of carbonyl (C=O) groups excluding carboxylic acids is 1. The maximum absolute atomic E-state index is 11.5. The molecule has 16 heavy (non-hydrogen) atoms. The lowest BCUT2D eigenvalue weighted by Gasteiger charge is -2.22. The van der Waals surface area contributed by atoms with Crippen LogP contribution in [0.2, 0.25) is 0 Å². The topological polar surface area (TPSA) is 67.0 Å². The molecule has 0 radical (unpaired) electrons. The Morgan fingerprint density at radius 3 is 2.75 bits per heavy atom. The number of aromatic amines is 1. The van der Waals surface area contributed by atoms with Gasteiger partial charge in [0.25, 0.3) is 0 Å². The molecule has 1 atom stereocenters. The van der Waals surface area contributed by atoms with Crippen LogP contribution in [-0.2, 0) is 4.74 Å². The van der Waals surface area contributed by atoms with Crippen LogP contribution in [0.25, 0.3) is 0 Å². The van der Waals surface area contributed by atoms with Gasteiger partial charge < -0.3 is 15.0 Å². The molecule has 0 aliphatic rings. The molecule has 0 spiro atoms. The molecule has 1 aromatic heterocycles. The van der Waals surface area contributed by atoms with Crippen LogP contribution in [0.4, 0.5) is 4.79 Å². The molecule has 0 aromatic carbocycles. The number of rotatable bonds is 3. The summed E-state index contributed by atoms with van der Waals surface area (Å²) in [6, 6.07) is -0.134. The van der Waals surface area contributed by atoms with Gasteiger partial charge in [-0.1, -0.05) is 6.92 Å². The number of imidazole rings is 1. The minimum atomic E-state index is -0.481. The maximum atomic E-state index is 11.5. The molecule has 0 bridgehead atoms. The number of H-pyrrole nitrogens is 1. The predicted molar refractivity (Wildman–Crippen MR) is 61.0 cm³/mol. The fourth-order valence-electron chi connectivity index (χ4n) is 1.28. The summed E-state index contributed by atoms with van der Waals surface area (Å²) in [5, 5.41) is 2.77. The Morgan fingerprint density at radius 1 is 1.62 bits per heavy atom. The Hall–Kier alpha value is -1.52. The molecule has 1 aromatic rings. The van der Waals surface area contributed by atoms with Crippen LogP contribution in [0.5, 0.6) is 0 Å². The molecule has 5 heteroatoms. The van der Waals surface area contributed by atoms with Gasteiger partial charge in [0.1, 0.15) is 11.4 Å². The van der Waals surface area contributed by atoms with E-state index in [9.17, 15) is 4.79 Å². The second-order valence-electron chi connectivity index (χ2n) is 4.58. The summed E-state index contributed by atoms with van der Waals surface area (Å²) in [6.07, 6.45) is 3.73. The molecule has 0 aliphatic heterocycles. The number of hydrogen-bond acceptors (Lipinski definition) is 3. The Morgan fingerprint density at radius 2 is 2.31 bits per heavy atom. The van der Waals surface area contributed by atoms with Gasteiger partial charge in [0.15, 0.2) is 0 Å². The van der Waals surface area contributed by atoms with Crippen molar-refractivity contribution in [2.45, 2.75) is 45.8 Å². The van der Waals surface area contributed by atoms with Crippen LogP contribution in [-0.4, -0.2) is 21.7 Å². The van der Waals surface area contributed by atoms with Crippen LogP contribution >= 0.6 is 0 Å². The molecule has 1 heterocycles. The smallest absolute Gasteiger partial charge is 0.408 e. The first-order chi connectivity index (χ1) is 7.42. The van der Waals surface area contributed by atoms with Gasteiger partial charge in [-0.15, -0.1) is 0 Å². The molecule has 5 nitrogen and oxygen atoms in total. The molecule has 0 aliphatic carbocycles. The monoisotopic (exact) mass is 225 g/mol. The van der Waals surface area contributed by atoms with Gasteiger partial charge in [-0.25, -0.2) is 9.78 Å². The van der Waals surface area contributed by atoms with Crippen molar-refractivity contribution in [3.05, 3.63) is 18.2 Å². The molecular formula is C11H19N3O2. The molecule has 2 N–H and O–H groups in total. The Kier molecular flexibility index (Phi) is 3.93. The van der Waals surface area contributed by atoms with Gasteiger partial charge in [-0.05, 0) is 27.2 Å². The second-order valence-corrected chi connectivity index (χ2v) is 4.58. The number of ether oxygens (including phenoxy) is 1. The summed E-state index contributed by atoms with van der Waals surface area (Å²) in [4.78, 5) is 18.6. The number of nitrogens with one attached hydrogen (secondary N) is 2. The SMILES string of the molecule is CCC(NC(=O)OC(C)(C)C)c1ncc[nH]1. The van der Waals surface area contributed by atoms with E-state index in [1.165, 1.54) is 0 Å². The van der Waals surface area contributed by atoms with E-state index < -0.39 is 11.7 Å². The van der Waals surface area contributed by atoms with E-state index in [0.717, 1.165) is 12.2 Å². The number of amides is 1. The number of hydrogen-bond donors (Lipinski definition) is 2. The highest BCUT2D eigenvalue weighted by Gasteiger charge is 2.20. The van der Waals surface area contributed by atoms with Crippen LogP contribution in [0, 0.1) is 0 Å². The zero-order valence-electron chi connectivity index (χ0n) is 10.2. The summed E-state index contributed by atoms with van der Waals surface area (Å²) >= 11 is 0. The molecular weight excluding hydrogens is 206 g/mol. The normalized spacial score (nSPS) is 13.2. The Balaban J connectivity index is 2.55. The lowest BCUT2D eigenvalue weighted by Crippen LogP contribution is -2.35. The highest BCUT2D eigenvalue weighted by Crippen LogP contribution is 2.13. The second kappa shape index (κ2) is 5.01. The summed E-state index contributed by atoms with van der Waals surface area (Å²) in [7, 11) is 0. The Labute approximate surface area is 95.6 Å². The summed E-state index contributed by atoms with van der Waals surface area (Å²) in [5.74, 6) is 0.744. The van der Waals surface area contributed by atoms with Crippen LogP contribution in [0.3, 0.4) is 0 Å². The van der Waals surface area contributed by atoms with E-state index in [1.54, 1.807) is 12.4 Å². The van der Waals surface area contributed by atoms with Crippen LogP contribution in [0.15, 0.2) is 12.4 Å². The molecule has 1 rings (SSSR count). The molecule has 1 unspecified atom stereocenters. The van der Waals surface area contributed by atoms with Crippen molar-refractivity contribution >= 4 is 6.09 Å². The fourth-order valence-corrected chi connectivity index (χ4v) is 1.28. The summed E-state index contributed by atoms with van der Waals surface area (Å²) < 4.78 is 5.18. The lowest BCUT2D eigenvalue weighted by atomic mass is 10.2. The zero-order chi connectivity index (χ0) is 12.2. The fraction of sp³-hybridized carbons (Fsp3) is 0.636. The van der Waals surface area contributed by atoms with E-state index in [4.69, 9.17) is 4.74 Å². The first-order valence-corrected chi connectivity index (χ1v) is 5.41. The molecule has 1 amide bonds. The quantitative estimate of drug-likeness (QED) is 0.830. The predicted octanol–water partition coefficient (Wildman–Crippen LogP) is 2.39. The number of aromatic nitrogens is 2. The average molecular weight is 225 g/mol. The highest BCUT2D eigenvalue weighted by atomic mass is 16.6. The zero-order valence-corrected chi connectivity index (χ0v) is 10.2.